The van der Waals surface area contributed by atoms with Crippen molar-refractivity contribution < 1.29 is 4.79 Å². The molecule has 4 nitrogen and oxygen atoms in total. The normalized spacial score (nSPS) is 10.9. The standard InChI is InChI=1S/C17H16BrN3O/c1-10-8-13(18)16-19-12(3)15(21(16)9-10)17(22)20-14-7-5-4-6-11(14)2/h4-9H,1-3H3,(H,20,22). The molecule has 0 aliphatic heterocycles. The van der Waals surface area contributed by atoms with Crippen LogP contribution >= 0.6 is 15.9 Å². The van der Waals surface area contributed by atoms with E-state index in [1.807, 2.05) is 61.7 Å². The molecule has 0 aliphatic carbocycles. The van der Waals surface area contributed by atoms with Crippen molar-refractivity contribution in [1.29, 1.82) is 0 Å². The van der Waals surface area contributed by atoms with Crippen molar-refractivity contribution in [3.05, 3.63) is 63.5 Å². The highest BCUT2D eigenvalue weighted by molar-refractivity contribution is 9.10. The highest BCUT2D eigenvalue weighted by Crippen LogP contribution is 2.23. The lowest BCUT2D eigenvalue weighted by Gasteiger charge is -2.09. The Morgan fingerprint density at radius 1 is 1.23 bits per heavy atom. The molecule has 0 spiro atoms. The fourth-order valence-corrected chi connectivity index (χ4v) is 3.15. The number of hydrogen-bond donors (Lipinski definition) is 1. The van der Waals surface area contributed by atoms with Crippen molar-refractivity contribution in [3.63, 3.8) is 0 Å². The number of hydrogen-bond acceptors (Lipinski definition) is 2. The molecule has 2 heterocycles. The average Bonchev–Trinajstić information content (AvgIpc) is 2.78. The highest BCUT2D eigenvalue weighted by atomic mass is 79.9. The Morgan fingerprint density at radius 3 is 2.68 bits per heavy atom. The van der Waals surface area contributed by atoms with Crippen molar-refractivity contribution in [2.45, 2.75) is 20.8 Å². The Labute approximate surface area is 137 Å². The quantitative estimate of drug-likeness (QED) is 0.744. The first-order valence-electron chi connectivity index (χ1n) is 6.99. The second kappa shape index (κ2) is 5.57. The van der Waals surface area contributed by atoms with Crippen molar-refractivity contribution in [3.8, 4) is 0 Å². The van der Waals surface area contributed by atoms with Crippen molar-refractivity contribution in [2.75, 3.05) is 5.32 Å². The maximum absolute atomic E-state index is 12.7. The molecular weight excluding hydrogens is 342 g/mol. The number of pyridine rings is 1. The molecular formula is C17H16BrN3O. The van der Waals surface area contributed by atoms with Crippen LogP contribution in [0.5, 0.6) is 0 Å². The molecule has 0 aliphatic rings. The third-order valence-corrected chi connectivity index (χ3v) is 4.18. The molecule has 0 bridgehead atoms. The number of carbonyl (C=O) groups excluding carboxylic acids is 1. The lowest BCUT2D eigenvalue weighted by atomic mass is 10.2. The van der Waals surface area contributed by atoms with E-state index in [0.717, 1.165) is 26.9 Å². The molecule has 0 saturated carbocycles. The molecule has 0 radical (unpaired) electrons. The molecule has 0 unspecified atom stereocenters. The van der Waals surface area contributed by atoms with Gasteiger partial charge in [0.2, 0.25) is 0 Å². The second-order valence-electron chi connectivity index (χ2n) is 5.37. The summed E-state index contributed by atoms with van der Waals surface area (Å²) in [5.41, 5.74) is 4.91. The van der Waals surface area contributed by atoms with Crippen LogP contribution in [0.3, 0.4) is 0 Å². The van der Waals surface area contributed by atoms with Crippen molar-refractivity contribution in [2.24, 2.45) is 0 Å². The summed E-state index contributed by atoms with van der Waals surface area (Å²) in [6, 6.07) is 9.71. The van der Waals surface area contributed by atoms with Gasteiger partial charge in [-0.15, -0.1) is 0 Å². The number of halogens is 1. The number of imidazole rings is 1. The Hall–Kier alpha value is -2.14. The van der Waals surface area contributed by atoms with Crippen LogP contribution < -0.4 is 5.32 Å². The number of nitrogens with zero attached hydrogens (tertiary/aromatic N) is 2. The summed E-state index contributed by atoms with van der Waals surface area (Å²) in [5.74, 6) is -0.156. The minimum atomic E-state index is -0.156. The molecule has 1 amide bonds. The monoisotopic (exact) mass is 357 g/mol. The van der Waals surface area contributed by atoms with E-state index in [-0.39, 0.29) is 5.91 Å². The number of amides is 1. The van der Waals surface area contributed by atoms with Gasteiger partial charge >= 0.3 is 0 Å². The number of para-hydroxylation sites is 1. The minimum Gasteiger partial charge on any atom is -0.320 e. The zero-order valence-corrected chi connectivity index (χ0v) is 14.2. The van der Waals surface area contributed by atoms with Gasteiger partial charge in [-0.2, -0.15) is 0 Å². The maximum atomic E-state index is 12.7. The molecule has 1 aromatic carbocycles. The summed E-state index contributed by atoms with van der Waals surface area (Å²) in [7, 11) is 0. The maximum Gasteiger partial charge on any atom is 0.274 e. The number of carbonyl (C=O) groups is 1. The van der Waals surface area contributed by atoms with Gasteiger partial charge in [-0.1, -0.05) is 18.2 Å². The fourth-order valence-electron chi connectivity index (χ4n) is 2.51. The van der Waals surface area contributed by atoms with E-state index in [1.54, 1.807) is 0 Å². The Kier molecular flexibility index (Phi) is 3.74. The summed E-state index contributed by atoms with van der Waals surface area (Å²) >= 11 is 3.51. The first-order valence-corrected chi connectivity index (χ1v) is 7.78. The van der Waals surface area contributed by atoms with E-state index < -0.39 is 0 Å². The van der Waals surface area contributed by atoms with Gasteiger partial charge in [-0.3, -0.25) is 9.20 Å². The van der Waals surface area contributed by atoms with Crippen LogP contribution in [0.4, 0.5) is 5.69 Å². The Balaban J connectivity index is 2.08. The lowest BCUT2D eigenvalue weighted by Crippen LogP contribution is -2.16. The largest absolute Gasteiger partial charge is 0.320 e. The summed E-state index contributed by atoms with van der Waals surface area (Å²) in [6.45, 7) is 5.81. The molecule has 5 heteroatoms. The van der Waals surface area contributed by atoms with Crippen molar-refractivity contribution >= 4 is 33.2 Å². The molecule has 0 saturated heterocycles. The molecule has 0 atom stereocenters. The van der Waals surface area contributed by atoms with Gasteiger partial charge in [0, 0.05) is 11.9 Å². The van der Waals surface area contributed by atoms with E-state index in [4.69, 9.17) is 0 Å². The molecule has 2 aromatic heterocycles. The number of aromatic nitrogens is 2. The molecule has 1 N–H and O–H groups in total. The first-order chi connectivity index (χ1) is 10.5. The zero-order valence-electron chi connectivity index (χ0n) is 12.6. The summed E-state index contributed by atoms with van der Waals surface area (Å²) < 4.78 is 2.72. The number of benzene rings is 1. The summed E-state index contributed by atoms with van der Waals surface area (Å²) in [6.07, 6.45) is 1.92. The third-order valence-electron chi connectivity index (χ3n) is 3.59. The van der Waals surface area contributed by atoms with E-state index in [1.165, 1.54) is 0 Å². The van der Waals surface area contributed by atoms with Crippen molar-refractivity contribution in [1.82, 2.24) is 9.38 Å². The predicted molar refractivity (Wildman–Crippen MR) is 91.5 cm³/mol. The number of nitrogens with one attached hydrogen (secondary N) is 1. The molecule has 3 aromatic rings. The third kappa shape index (κ3) is 2.52. The predicted octanol–water partition coefficient (Wildman–Crippen LogP) is 4.27. The molecule has 3 rings (SSSR count). The summed E-state index contributed by atoms with van der Waals surface area (Å²) in [5, 5.41) is 2.97. The van der Waals surface area contributed by atoms with Crippen LogP contribution in [0.25, 0.3) is 5.65 Å². The van der Waals surface area contributed by atoms with Crippen LogP contribution in [-0.2, 0) is 0 Å². The average molecular weight is 358 g/mol. The SMILES string of the molecule is Cc1cc(Br)c2nc(C)c(C(=O)Nc3ccccc3C)n2c1. The van der Waals surface area contributed by atoms with Crippen LogP contribution in [0.2, 0.25) is 0 Å². The van der Waals surface area contributed by atoms with Gasteiger partial charge in [0.25, 0.3) is 5.91 Å². The van der Waals surface area contributed by atoms with Crippen LogP contribution in [-0.4, -0.2) is 15.3 Å². The Morgan fingerprint density at radius 2 is 1.95 bits per heavy atom. The van der Waals surface area contributed by atoms with E-state index >= 15 is 0 Å². The van der Waals surface area contributed by atoms with Gasteiger partial charge in [0.1, 0.15) is 5.69 Å². The number of aryl methyl sites for hydroxylation is 3. The molecule has 112 valence electrons. The second-order valence-corrected chi connectivity index (χ2v) is 6.23. The zero-order chi connectivity index (χ0) is 15.9. The van der Waals surface area contributed by atoms with E-state index in [9.17, 15) is 4.79 Å². The Bertz CT molecular complexity index is 883. The van der Waals surface area contributed by atoms with Gasteiger partial charge in [0.15, 0.2) is 5.65 Å². The fraction of sp³-hybridized carbons (Fsp3) is 0.176. The van der Waals surface area contributed by atoms with Gasteiger partial charge in [-0.05, 0) is 60.0 Å². The summed E-state index contributed by atoms with van der Waals surface area (Å²) in [4.78, 5) is 17.2. The van der Waals surface area contributed by atoms with Crippen LogP contribution in [0.1, 0.15) is 27.3 Å². The number of rotatable bonds is 2. The van der Waals surface area contributed by atoms with E-state index in [2.05, 4.69) is 26.2 Å². The van der Waals surface area contributed by atoms with Gasteiger partial charge in [-0.25, -0.2) is 4.98 Å². The van der Waals surface area contributed by atoms with E-state index in [0.29, 0.717) is 11.4 Å². The smallest absolute Gasteiger partial charge is 0.274 e. The number of anilines is 1. The highest BCUT2D eigenvalue weighted by Gasteiger charge is 2.18. The molecule has 0 fully saturated rings. The number of fused-ring (bicyclic) bond motifs is 1. The van der Waals surface area contributed by atoms with Gasteiger partial charge < -0.3 is 5.32 Å². The van der Waals surface area contributed by atoms with Crippen LogP contribution in [0.15, 0.2) is 41.0 Å². The minimum absolute atomic E-state index is 0.156. The topological polar surface area (TPSA) is 46.4 Å². The lowest BCUT2D eigenvalue weighted by molar-refractivity contribution is 0.102. The molecule has 22 heavy (non-hydrogen) atoms. The van der Waals surface area contributed by atoms with Gasteiger partial charge in [0.05, 0.1) is 10.2 Å². The first kappa shape index (κ1) is 14.8. The van der Waals surface area contributed by atoms with Crippen LogP contribution in [0, 0.1) is 20.8 Å².